The summed E-state index contributed by atoms with van der Waals surface area (Å²) in [7, 11) is 0. The van der Waals surface area contributed by atoms with Crippen LogP contribution in [0.5, 0.6) is 0 Å². The summed E-state index contributed by atoms with van der Waals surface area (Å²) in [6, 6.07) is 8.98. The highest BCUT2D eigenvalue weighted by atomic mass is 16.6. The van der Waals surface area contributed by atoms with E-state index >= 15 is 0 Å². The van der Waals surface area contributed by atoms with Crippen molar-refractivity contribution in [3.63, 3.8) is 0 Å². The molecule has 0 spiro atoms. The molecule has 1 N–H and O–H groups in total. The van der Waals surface area contributed by atoms with Gasteiger partial charge >= 0.3 is 6.09 Å². The lowest BCUT2D eigenvalue weighted by Gasteiger charge is -2.24. The van der Waals surface area contributed by atoms with Crippen molar-refractivity contribution in [2.45, 2.75) is 52.2 Å². The lowest BCUT2D eigenvalue weighted by Crippen LogP contribution is -2.38. The number of rotatable bonds is 4. The summed E-state index contributed by atoms with van der Waals surface area (Å²) in [6.07, 6.45) is 1.81. The predicted octanol–water partition coefficient (Wildman–Crippen LogP) is 3.14. The quantitative estimate of drug-likeness (QED) is 0.929. The molecule has 0 radical (unpaired) electrons. The Kier molecular flexibility index (Phi) is 5.46. The lowest BCUT2D eigenvalue weighted by atomic mass is 10.1. The molecule has 122 valence electrons. The van der Waals surface area contributed by atoms with Crippen molar-refractivity contribution < 1.29 is 9.53 Å². The number of benzene rings is 1. The van der Waals surface area contributed by atoms with E-state index in [0.717, 1.165) is 32.5 Å². The summed E-state index contributed by atoms with van der Waals surface area (Å²) < 4.78 is 5.42. The monoisotopic (exact) mass is 304 g/mol. The van der Waals surface area contributed by atoms with Crippen molar-refractivity contribution in [1.29, 1.82) is 0 Å². The molecule has 1 unspecified atom stereocenters. The molecule has 1 atom stereocenters. The summed E-state index contributed by atoms with van der Waals surface area (Å²) in [6.45, 7) is 10.3. The minimum atomic E-state index is -0.423. The molecular formula is C18H28N2O2. The van der Waals surface area contributed by atoms with E-state index in [9.17, 15) is 4.79 Å². The number of nitrogens with one attached hydrogen (secondary N) is 1. The molecule has 4 heteroatoms. The van der Waals surface area contributed by atoms with Crippen LogP contribution in [0.3, 0.4) is 0 Å². The number of hydrogen-bond donors (Lipinski definition) is 1. The highest BCUT2D eigenvalue weighted by Gasteiger charge is 2.29. The fraction of sp³-hybridized carbons (Fsp3) is 0.611. The zero-order valence-corrected chi connectivity index (χ0v) is 14.2. The Morgan fingerprint density at radius 3 is 2.86 bits per heavy atom. The molecule has 1 aromatic carbocycles. The third kappa shape index (κ3) is 5.34. The number of nitrogens with zero attached hydrogens (tertiary/aromatic N) is 1. The van der Waals surface area contributed by atoms with Gasteiger partial charge in [0.25, 0.3) is 0 Å². The van der Waals surface area contributed by atoms with E-state index in [1.165, 1.54) is 11.1 Å². The van der Waals surface area contributed by atoms with Gasteiger partial charge in [0.1, 0.15) is 5.60 Å². The van der Waals surface area contributed by atoms with E-state index in [1.807, 2.05) is 20.8 Å². The highest BCUT2D eigenvalue weighted by Crippen LogP contribution is 2.15. The number of hydrogen-bond acceptors (Lipinski definition) is 3. The first-order valence-corrected chi connectivity index (χ1v) is 8.10. The standard InChI is InChI=1S/C18H28N2O2/c1-14-6-5-7-15(12-14)8-10-19-16-9-11-20(13-16)17(21)22-18(2,3)4/h5-7,12,16,19H,8-11,13H2,1-4H3. The second-order valence-electron chi connectivity index (χ2n) is 7.11. The first kappa shape index (κ1) is 16.8. The average molecular weight is 304 g/mol. The zero-order valence-electron chi connectivity index (χ0n) is 14.2. The average Bonchev–Trinajstić information content (AvgIpc) is 2.86. The Bertz CT molecular complexity index is 508. The van der Waals surface area contributed by atoms with Gasteiger partial charge in [0, 0.05) is 19.1 Å². The van der Waals surface area contributed by atoms with E-state index < -0.39 is 5.60 Å². The molecule has 1 amide bonds. The maximum Gasteiger partial charge on any atom is 0.410 e. The number of likely N-dealkylation sites (tertiary alicyclic amines) is 1. The Morgan fingerprint density at radius 2 is 2.18 bits per heavy atom. The van der Waals surface area contributed by atoms with Crippen LogP contribution >= 0.6 is 0 Å². The lowest BCUT2D eigenvalue weighted by molar-refractivity contribution is 0.0291. The second-order valence-corrected chi connectivity index (χ2v) is 7.11. The summed E-state index contributed by atoms with van der Waals surface area (Å²) in [5.74, 6) is 0. The van der Waals surface area contributed by atoms with E-state index in [0.29, 0.717) is 6.04 Å². The van der Waals surface area contributed by atoms with Crippen LogP contribution in [0.15, 0.2) is 24.3 Å². The first-order chi connectivity index (χ1) is 10.3. The van der Waals surface area contributed by atoms with Gasteiger partial charge in [0.2, 0.25) is 0 Å². The van der Waals surface area contributed by atoms with E-state index in [4.69, 9.17) is 4.74 Å². The number of ether oxygens (including phenoxy) is 1. The molecule has 2 rings (SSSR count). The smallest absolute Gasteiger partial charge is 0.410 e. The van der Waals surface area contributed by atoms with Gasteiger partial charge in [-0.2, -0.15) is 0 Å². The van der Waals surface area contributed by atoms with Gasteiger partial charge in [-0.1, -0.05) is 29.8 Å². The fourth-order valence-electron chi connectivity index (χ4n) is 2.71. The second kappa shape index (κ2) is 7.14. The molecule has 1 aromatic rings. The molecule has 1 fully saturated rings. The Balaban J connectivity index is 1.71. The molecule has 1 aliphatic rings. The third-order valence-corrected chi connectivity index (χ3v) is 3.77. The molecule has 1 saturated heterocycles. The first-order valence-electron chi connectivity index (χ1n) is 8.10. The van der Waals surface area contributed by atoms with Gasteiger partial charge in [-0.25, -0.2) is 4.79 Å². The number of aryl methyl sites for hydroxylation is 1. The summed E-state index contributed by atoms with van der Waals surface area (Å²) in [4.78, 5) is 13.8. The topological polar surface area (TPSA) is 41.6 Å². The molecule has 0 aliphatic carbocycles. The van der Waals surface area contributed by atoms with E-state index in [1.54, 1.807) is 4.90 Å². The van der Waals surface area contributed by atoms with Crippen molar-refractivity contribution in [1.82, 2.24) is 10.2 Å². The Hall–Kier alpha value is -1.55. The molecule has 0 saturated carbocycles. The van der Waals surface area contributed by atoms with E-state index in [2.05, 4.69) is 36.5 Å². The normalized spacial score (nSPS) is 18.5. The number of amides is 1. The minimum absolute atomic E-state index is 0.199. The Labute approximate surface area is 133 Å². The molecule has 0 bridgehead atoms. The molecule has 1 aliphatic heterocycles. The zero-order chi connectivity index (χ0) is 16.2. The summed E-state index contributed by atoms with van der Waals surface area (Å²) >= 11 is 0. The van der Waals surface area contributed by atoms with Crippen LogP contribution in [-0.2, 0) is 11.2 Å². The number of carbonyl (C=O) groups excluding carboxylic acids is 1. The molecule has 22 heavy (non-hydrogen) atoms. The molecule has 1 heterocycles. The molecule has 0 aromatic heterocycles. The van der Waals surface area contributed by atoms with Gasteiger partial charge in [-0.15, -0.1) is 0 Å². The molecule has 4 nitrogen and oxygen atoms in total. The van der Waals surface area contributed by atoms with Gasteiger partial charge < -0.3 is 15.0 Å². The molecular weight excluding hydrogens is 276 g/mol. The van der Waals surface area contributed by atoms with Gasteiger partial charge in [0.15, 0.2) is 0 Å². The summed E-state index contributed by atoms with van der Waals surface area (Å²) in [5, 5.41) is 3.55. The van der Waals surface area contributed by atoms with Crippen molar-refractivity contribution in [3.8, 4) is 0 Å². The van der Waals surface area contributed by atoms with Crippen LogP contribution in [-0.4, -0.2) is 42.3 Å². The van der Waals surface area contributed by atoms with Gasteiger partial charge in [0.05, 0.1) is 0 Å². The maximum absolute atomic E-state index is 12.0. The van der Waals surface area contributed by atoms with Crippen LogP contribution in [0.4, 0.5) is 4.79 Å². The maximum atomic E-state index is 12.0. The van der Waals surface area contributed by atoms with Crippen LogP contribution < -0.4 is 5.32 Å². The predicted molar refractivity (Wildman–Crippen MR) is 89.1 cm³/mol. The largest absolute Gasteiger partial charge is 0.444 e. The van der Waals surface area contributed by atoms with Crippen LogP contribution in [0.2, 0.25) is 0 Å². The van der Waals surface area contributed by atoms with Gasteiger partial charge in [-0.3, -0.25) is 0 Å². The van der Waals surface area contributed by atoms with Crippen LogP contribution in [0, 0.1) is 6.92 Å². The van der Waals surface area contributed by atoms with Crippen molar-refractivity contribution in [3.05, 3.63) is 35.4 Å². The summed E-state index contributed by atoms with van der Waals surface area (Å²) in [5.41, 5.74) is 2.23. The SMILES string of the molecule is Cc1cccc(CCNC2CCN(C(=O)OC(C)(C)C)C2)c1. The van der Waals surface area contributed by atoms with Crippen molar-refractivity contribution >= 4 is 6.09 Å². The van der Waals surface area contributed by atoms with Gasteiger partial charge in [-0.05, 0) is 52.6 Å². The highest BCUT2D eigenvalue weighted by molar-refractivity contribution is 5.68. The van der Waals surface area contributed by atoms with E-state index in [-0.39, 0.29) is 6.09 Å². The fourth-order valence-corrected chi connectivity index (χ4v) is 2.71. The Morgan fingerprint density at radius 1 is 1.41 bits per heavy atom. The van der Waals surface area contributed by atoms with Crippen molar-refractivity contribution in [2.75, 3.05) is 19.6 Å². The van der Waals surface area contributed by atoms with Crippen LogP contribution in [0.1, 0.15) is 38.3 Å². The minimum Gasteiger partial charge on any atom is -0.444 e. The van der Waals surface area contributed by atoms with Crippen molar-refractivity contribution in [2.24, 2.45) is 0 Å². The third-order valence-electron chi connectivity index (χ3n) is 3.77. The number of carbonyl (C=O) groups is 1. The van der Waals surface area contributed by atoms with Crippen LogP contribution in [0.25, 0.3) is 0 Å².